The largest absolute Gasteiger partial charge is 0.463 e. The van der Waals surface area contributed by atoms with Crippen LogP contribution < -0.4 is 0 Å². The lowest BCUT2D eigenvalue weighted by atomic mass is 10.1. The fourth-order valence-corrected chi connectivity index (χ4v) is 0.904. The van der Waals surface area contributed by atoms with Gasteiger partial charge in [-0.15, -0.1) is 0 Å². The lowest BCUT2D eigenvalue weighted by molar-refractivity contribution is -0.137. The Bertz CT molecular complexity index is 182. The predicted molar refractivity (Wildman–Crippen MR) is 44.7 cm³/mol. The van der Waals surface area contributed by atoms with Crippen LogP contribution >= 0.6 is 0 Å². The van der Waals surface area contributed by atoms with E-state index >= 15 is 0 Å². The maximum Gasteiger partial charge on any atom is 0.330 e. The Morgan fingerprint density at radius 1 is 1.83 bits per heavy atom. The van der Waals surface area contributed by atoms with Crippen molar-refractivity contribution in [1.82, 2.24) is 0 Å². The van der Waals surface area contributed by atoms with Gasteiger partial charge < -0.3 is 9.47 Å². The van der Waals surface area contributed by atoms with Gasteiger partial charge in [0.2, 0.25) is 0 Å². The highest BCUT2D eigenvalue weighted by Crippen LogP contribution is 2.20. The van der Waals surface area contributed by atoms with Gasteiger partial charge in [-0.2, -0.15) is 0 Å². The molecular weight excluding hydrogens is 156 g/mol. The van der Waals surface area contributed by atoms with Crippen molar-refractivity contribution < 1.29 is 14.3 Å². The average molecular weight is 170 g/mol. The van der Waals surface area contributed by atoms with E-state index in [2.05, 4.69) is 0 Å². The molecule has 1 aliphatic rings. The molecule has 0 bridgehead atoms. The lowest BCUT2D eigenvalue weighted by Crippen LogP contribution is -2.03. The first-order valence-corrected chi connectivity index (χ1v) is 4.20. The molecule has 0 saturated carbocycles. The van der Waals surface area contributed by atoms with Crippen LogP contribution in [0.3, 0.4) is 0 Å². The van der Waals surface area contributed by atoms with Crippen molar-refractivity contribution in [3.63, 3.8) is 0 Å². The van der Waals surface area contributed by atoms with Gasteiger partial charge in [0.05, 0.1) is 19.3 Å². The summed E-state index contributed by atoms with van der Waals surface area (Å²) in [5.74, 6) is 0.0411. The molecule has 0 N–H and O–H groups in total. The maximum atomic E-state index is 10.8. The quantitative estimate of drug-likeness (QED) is 0.361. The molecule has 0 unspecified atom stereocenters. The number of epoxide rings is 1. The molecule has 68 valence electrons. The van der Waals surface area contributed by atoms with Gasteiger partial charge in [-0.1, -0.05) is 13.0 Å². The Balaban J connectivity index is 2.22. The van der Waals surface area contributed by atoms with Gasteiger partial charge in [-0.25, -0.2) is 4.79 Å². The van der Waals surface area contributed by atoms with Gasteiger partial charge >= 0.3 is 5.97 Å². The number of rotatable bonds is 4. The van der Waals surface area contributed by atoms with E-state index < -0.39 is 0 Å². The smallest absolute Gasteiger partial charge is 0.330 e. The second-order valence-electron chi connectivity index (χ2n) is 2.84. The third-order valence-corrected chi connectivity index (χ3v) is 1.77. The van der Waals surface area contributed by atoms with Crippen LogP contribution in [0.1, 0.15) is 13.8 Å². The number of carbonyl (C=O) groups excluding carboxylic acids is 1. The van der Waals surface area contributed by atoms with Crippen molar-refractivity contribution in [2.75, 3.05) is 13.2 Å². The molecule has 0 aliphatic carbocycles. The van der Waals surface area contributed by atoms with Crippen LogP contribution in [-0.4, -0.2) is 25.3 Å². The number of hydrogen-bond donors (Lipinski definition) is 0. The van der Waals surface area contributed by atoms with Crippen LogP contribution in [0.5, 0.6) is 0 Å². The minimum Gasteiger partial charge on any atom is -0.463 e. The van der Waals surface area contributed by atoms with Crippen molar-refractivity contribution in [1.29, 1.82) is 0 Å². The Morgan fingerprint density at radius 3 is 3.00 bits per heavy atom. The minimum absolute atomic E-state index is 0.273. The highest BCUT2D eigenvalue weighted by atomic mass is 16.6. The van der Waals surface area contributed by atoms with Gasteiger partial charge in [0.25, 0.3) is 0 Å². The van der Waals surface area contributed by atoms with E-state index in [9.17, 15) is 4.79 Å². The van der Waals surface area contributed by atoms with Crippen LogP contribution in [0.15, 0.2) is 12.2 Å². The monoisotopic (exact) mass is 170 g/mol. The molecule has 1 heterocycles. The molecule has 2 atom stereocenters. The molecule has 3 nitrogen and oxygen atoms in total. The summed E-state index contributed by atoms with van der Waals surface area (Å²) in [6.07, 6.45) is 3.61. The predicted octanol–water partition coefficient (Wildman–Crippen LogP) is 1.14. The van der Waals surface area contributed by atoms with Crippen LogP contribution in [0, 0.1) is 5.92 Å². The molecule has 0 aromatic carbocycles. The Labute approximate surface area is 72.4 Å². The zero-order valence-electron chi connectivity index (χ0n) is 7.45. The molecule has 1 fully saturated rings. The Morgan fingerprint density at radius 2 is 2.50 bits per heavy atom. The third-order valence-electron chi connectivity index (χ3n) is 1.77. The third kappa shape index (κ3) is 3.05. The summed E-state index contributed by atoms with van der Waals surface area (Å²) >= 11 is 0. The summed E-state index contributed by atoms with van der Waals surface area (Å²) in [5.41, 5.74) is 0. The van der Waals surface area contributed by atoms with Crippen molar-refractivity contribution in [2.45, 2.75) is 20.0 Å². The molecule has 0 amide bonds. The van der Waals surface area contributed by atoms with Gasteiger partial charge in [0.1, 0.15) is 0 Å². The molecule has 3 heteroatoms. The van der Waals surface area contributed by atoms with Gasteiger partial charge in [0, 0.05) is 12.0 Å². The molecule has 1 saturated heterocycles. The van der Waals surface area contributed by atoms with E-state index in [1.165, 1.54) is 6.08 Å². The van der Waals surface area contributed by atoms with Gasteiger partial charge in [0.15, 0.2) is 0 Å². The van der Waals surface area contributed by atoms with Crippen molar-refractivity contribution in [3.8, 4) is 0 Å². The first kappa shape index (κ1) is 9.26. The zero-order chi connectivity index (χ0) is 8.97. The van der Waals surface area contributed by atoms with E-state index in [1.54, 1.807) is 6.92 Å². The number of ether oxygens (including phenoxy) is 2. The van der Waals surface area contributed by atoms with E-state index in [1.807, 2.05) is 13.0 Å². The second-order valence-corrected chi connectivity index (χ2v) is 2.84. The summed E-state index contributed by atoms with van der Waals surface area (Å²) in [6, 6.07) is 0. The molecular formula is C9H14O3. The lowest BCUT2D eigenvalue weighted by Gasteiger charge is -1.99. The van der Waals surface area contributed by atoms with Crippen molar-refractivity contribution in [2.24, 2.45) is 5.92 Å². The van der Waals surface area contributed by atoms with E-state index in [-0.39, 0.29) is 5.97 Å². The van der Waals surface area contributed by atoms with Gasteiger partial charge in [-0.05, 0) is 6.92 Å². The zero-order valence-corrected chi connectivity index (χ0v) is 7.45. The van der Waals surface area contributed by atoms with Gasteiger partial charge in [-0.3, -0.25) is 0 Å². The average Bonchev–Trinajstić information content (AvgIpc) is 2.83. The summed E-state index contributed by atoms with van der Waals surface area (Å²) in [4.78, 5) is 10.8. The van der Waals surface area contributed by atoms with Crippen LogP contribution in [0.2, 0.25) is 0 Å². The molecule has 12 heavy (non-hydrogen) atoms. The SMILES string of the molecule is CCOC(=O)/C=C/[C@@H](C)[C@@H]1CO1. The normalized spacial score (nSPS) is 24.0. The molecule has 0 aromatic rings. The number of carbonyl (C=O) groups is 1. The van der Waals surface area contributed by atoms with E-state index in [0.29, 0.717) is 18.6 Å². The minimum atomic E-state index is -0.273. The second kappa shape index (κ2) is 4.26. The molecule has 0 radical (unpaired) electrons. The Kier molecular flexibility index (Phi) is 3.29. The Hall–Kier alpha value is -0.830. The van der Waals surface area contributed by atoms with Crippen LogP contribution in [0.25, 0.3) is 0 Å². The first-order valence-electron chi connectivity index (χ1n) is 4.20. The summed E-state index contributed by atoms with van der Waals surface area (Å²) in [7, 11) is 0. The first-order chi connectivity index (χ1) is 5.74. The molecule has 0 spiro atoms. The molecule has 1 rings (SSSR count). The van der Waals surface area contributed by atoms with Crippen molar-refractivity contribution >= 4 is 5.97 Å². The summed E-state index contributed by atoms with van der Waals surface area (Å²) in [5, 5.41) is 0. The topological polar surface area (TPSA) is 38.8 Å². The van der Waals surface area contributed by atoms with Crippen LogP contribution in [-0.2, 0) is 14.3 Å². The highest BCUT2D eigenvalue weighted by Gasteiger charge is 2.27. The molecule has 1 aliphatic heterocycles. The summed E-state index contributed by atoms with van der Waals surface area (Å²) in [6.45, 7) is 5.05. The number of esters is 1. The van der Waals surface area contributed by atoms with Crippen molar-refractivity contribution in [3.05, 3.63) is 12.2 Å². The van der Waals surface area contributed by atoms with E-state index in [4.69, 9.17) is 9.47 Å². The fraction of sp³-hybridized carbons (Fsp3) is 0.667. The maximum absolute atomic E-state index is 10.8. The number of hydrogen-bond acceptors (Lipinski definition) is 3. The van der Waals surface area contributed by atoms with E-state index in [0.717, 1.165) is 6.61 Å². The summed E-state index contributed by atoms with van der Waals surface area (Å²) < 4.78 is 9.79. The fourth-order valence-electron chi connectivity index (χ4n) is 0.904. The van der Waals surface area contributed by atoms with Crippen LogP contribution in [0.4, 0.5) is 0 Å². The highest BCUT2D eigenvalue weighted by molar-refractivity contribution is 5.81. The molecule has 0 aromatic heterocycles. The standard InChI is InChI=1S/C9H14O3/c1-3-11-9(10)5-4-7(2)8-6-12-8/h4-5,7-8H,3,6H2,1-2H3/b5-4+/t7-,8+/m1/s1.